The van der Waals surface area contributed by atoms with Crippen molar-refractivity contribution in [3.05, 3.63) is 78.3 Å². The molecular weight excluding hydrogens is 410 g/mol. The predicted molar refractivity (Wildman–Crippen MR) is 138 cm³/mol. The number of hydrogen-bond donors (Lipinski definition) is 2. The largest absolute Gasteiger partial charge is 0.467 e. The molecule has 5 heteroatoms. The van der Waals surface area contributed by atoms with Crippen LogP contribution in [-0.4, -0.2) is 18.6 Å². The summed E-state index contributed by atoms with van der Waals surface area (Å²) in [5, 5.41) is 2.93. The van der Waals surface area contributed by atoms with Gasteiger partial charge in [-0.15, -0.1) is 0 Å². The van der Waals surface area contributed by atoms with Crippen molar-refractivity contribution in [2.45, 2.75) is 66.0 Å². The molecule has 1 aromatic heterocycles. The fourth-order valence-electron chi connectivity index (χ4n) is 3.66. The number of nitrogens with one attached hydrogen (secondary N) is 1. The third-order valence-corrected chi connectivity index (χ3v) is 5.32. The molecule has 5 nitrogen and oxygen atoms in total. The number of nitrogens with two attached hydrogens (primary N) is 1. The zero-order chi connectivity index (χ0) is 24.1. The van der Waals surface area contributed by atoms with Gasteiger partial charge in [0.25, 0.3) is 0 Å². The van der Waals surface area contributed by atoms with Gasteiger partial charge in [-0.3, -0.25) is 4.90 Å². The van der Waals surface area contributed by atoms with E-state index >= 15 is 0 Å². The highest BCUT2D eigenvalue weighted by molar-refractivity contribution is 5.92. The summed E-state index contributed by atoms with van der Waals surface area (Å²) in [5.41, 5.74) is 10.7. The van der Waals surface area contributed by atoms with Gasteiger partial charge in [-0.2, -0.15) is 0 Å². The summed E-state index contributed by atoms with van der Waals surface area (Å²) in [4.78, 5) is 14.7. The molecule has 3 N–H and O–H groups in total. The average Bonchev–Trinajstić information content (AvgIpc) is 3.37. The minimum Gasteiger partial charge on any atom is -0.467 e. The fraction of sp³-hybridized carbons (Fsp3) is 0.393. The van der Waals surface area contributed by atoms with Crippen LogP contribution in [0.5, 0.6) is 0 Å². The van der Waals surface area contributed by atoms with Crippen LogP contribution in [0.4, 0.5) is 10.5 Å². The van der Waals surface area contributed by atoms with Crippen molar-refractivity contribution in [2.75, 3.05) is 11.4 Å². The number of rotatable bonds is 10. The number of amides is 2. The molecule has 0 aliphatic heterocycles. The molecule has 2 aromatic carbocycles. The van der Waals surface area contributed by atoms with E-state index in [1.54, 1.807) is 11.2 Å². The van der Waals surface area contributed by atoms with Gasteiger partial charge in [-0.1, -0.05) is 76.9 Å². The number of aryl methyl sites for hydroxylation is 1. The van der Waals surface area contributed by atoms with Gasteiger partial charge in [0, 0.05) is 18.3 Å². The number of hydrogen-bond acceptors (Lipinski definition) is 3. The van der Waals surface area contributed by atoms with Gasteiger partial charge in [0.15, 0.2) is 0 Å². The summed E-state index contributed by atoms with van der Waals surface area (Å²) in [6.07, 6.45) is 5.69. The molecule has 178 valence electrons. The van der Waals surface area contributed by atoms with Crippen molar-refractivity contribution >= 4 is 11.7 Å². The van der Waals surface area contributed by atoms with Gasteiger partial charge in [0.2, 0.25) is 0 Å². The highest BCUT2D eigenvalue weighted by atomic mass is 16.3. The number of nitrogens with zero attached hydrogens (tertiary/aromatic N) is 1. The van der Waals surface area contributed by atoms with Crippen LogP contribution < -0.4 is 16.0 Å². The molecule has 1 heterocycles. The lowest BCUT2D eigenvalue weighted by Gasteiger charge is -2.26. The Kier molecular flexibility index (Phi) is 11.3. The summed E-state index contributed by atoms with van der Waals surface area (Å²) >= 11 is 0. The second-order valence-electron chi connectivity index (χ2n) is 7.89. The maximum Gasteiger partial charge on any atom is 0.322 e. The minimum absolute atomic E-state index is 0.0786. The topological polar surface area (TPSA) is 71.5 Å². The van der Waals surface area contributed by atoms with Crippen molar-refractivity contribution < 1.29 is 9.21 Å². The quantitative estimate of drug-likeness (QED) is 0.359. The van der Waals surface area contributed by atoms with Crippen molar-refractivity contribution in [2.24, 2.45) is 5.73 Å². The summed E-state index contributed by atoms with van der Waals surface area (Å²) in [6.45, 7) is 9.09. The van der Waals surface area contributed by atoms with Crippen molar-refractivity contribution in [3.63, 3.8) is 0 Å². The third kappa shape index (κ3) is 8.10. The van der Waals surface area contributed by atoms with Gasteiger partial charge in [0.1, 0.15) is 5.76 Å². The molecule has 2 amide bonds. The van der Waals surface area contributed by atoms with Crippen LogP contribution in [0.3, 0.4) is 0 Å². The van der Waals surface area contributed by atoms with E-state index in [0.717, 1.165) is 36.9 Å². The molecule has 0 aliphatic rings. The standard InChI is InChI=1S/C26H33N3O2.C2H6/c1-3-6-20-9-11-21(12-10-20)22-13-15-24(16-14-22)29(19-23(27)7-4-2)26(30)28-18-25-8-5-17-31-25;1-2/h5,8-17,23H,3-4,6-7,18-19,27H2,1-2H3,(H,28,30);1-2H3. The number of furan rings is 1. The lowest BCUT2D eigenvalue weighted by molar-refractivity contribution is 0.244. The van der Waals surface area contributed by atoms with E-state index in [1.807, 2.05) is 38.1 Å². The van der Waals surface area contributed by atoms with Crippen LogP contribution in [-0.2, 0) is 13.0 Å². The second-order valence-corrected chi connectivity index (χ2v) is 7.89. The van der Waals surface area contributed by atoms with Gasteiger partial charge >= 0.3 is 6.03 Å². The number of anilines is 1. The Morgan fingerprint density at radius 2 is 1.61 bits per heavy atom. The normalized spacial score (nSPS) is 11.3. The summed E-state index contributed by atoms with van der Waals surface area (Å²) in [6, 6.07) is 20.2. The van der Waals surface area contributed by atoms with Crippen LogP contribution in [0.15, 0.2) is 71.3 Å². The van der Waals surface area contributed by atoms with E-state index < -0.39 is 0 Å². The van der Waals surface area contributed by atoms with E-state index in [2.05, 4.69) is 55.6 Å². The predicted octanol–water partition coefficient (Wildman–Crippen LogP) is 6.77. The first kappa shape index (κ1) is 26.2. The van der Waals surface area contributed by atoms with Crippen LogP contribution in [0.25, 0.3) is 11.1 Å². The Balaban J connectivity index is 0.00000187. The SMILES string of the molecule is CC.CCCc1ccc(-c2ccc(N(CC(N)CCC)C(=O)NCc3ccco3)cc2)cc1. The molecule has 0 radical (unpaired) electrons. The Labute approximate surface area is 199 Å². The molecule has 3 rings (SSSR count). The Morgan fingerprint density at radius 3 is 2.15 bits per heavy atom. The number of carbonyl (C=O) groups excluding carboxylic acids is 1. The van der Waals surface area contributed by atoms with Gasteiger partial charge in [-0.05, 0) is 53.8 Å². The molecule has 33 heavy (non-hydrogen) atoms. The van der Waals surface area contributed by atoms with Crippen molar-refractivity contribution in [3.8, 4) is 11.1 Å². The smallest absolute Gasteiger partial charge is 0.322 e. The van der Waals surface area contributed by atoms with Gasteiger partial charge in [0.05, 0.1) is 12.8 Å². The van der Waals surface area contributed by atoms with Crippen LogP contribution in [0.1, 0.15) is 58.3 Å². The zero-order valence-electron chi connectivity index (χ0n) is 20.5. The lowest BCUT2D eigenvalue weighted by Crippen LogP contribution is -2.46. The molecule has 0 saturated heterocycles. The fourth-order valence-corrected chi connectivity index (χ4v) is 3.66. The summed E-state index contributed by atoms with van der Waals surface area (Å²) < 4.78 is 5.32. The van der Waals surface area contributed by atoms with Crippen LogP contribution >= 0.6 is 0 Å². The highest BCUT2D eigenvalue weighted by Crippen LogP contribution is 2.24. The number of benzene rings is 2. The molecule has 1 unspecified atom stereocenters. The van der Waals surface area contributed by atoms with E-state index in [-0.39, 0.29) is 12.1 Å². The van der Waals surface area contributed by atoms with Crippen LogP contribution in [0.2, 0.25) is 0 Å². The van der Waals surface area contributed by atoms with Crippen molar-refractivity contribution in [1.82, 2.24) is 5.32 Å². The second kappa shape index (κ2) is 14.2. The first-order valence-corrected chi connectivity index (χ1v) is 12.1. The maximum atomic E-state index is 13.0. The molecule has 0 spiro atoms. The van der Waals surface area contributed by atoms with E-state index in [0.29, 0.717) is 18.8 Å². The Bertz CT molecular complexity index is 919. The van der Waals surface area contributed by atoms with Crippen LogP contribution in [0, 0.1) is 0 Å². The molecule has 0 saturated carbocycles. The molecule has 0 aliphatic carbocycles. The summed E-state index contributed by atoms with van der Waals surface area (Å²) in [5.74, 6) is 0.716. The zero-order valence-corrected chi connectivity index (χ0v) is 20.5. The van der Waals surface area contributed by atoms with Gasteiger partial charge in [-0.25, -0.2) is 4.79 Å². The molecular formula is C28H39N3O2. The molecule has 1 atom stereocenters. The Hall–Kier alpha value is -3.05. The van der Waals surface area contributed by atoms with E-state index in [4.69, 9.17) is 10.2 Å². The van der Waals surface area contributed by atoms with Gasteiger partial charge < -0.3 is 15.5 Å². The lowest BCUT2D eigenvalue weighted by atomic mass is 10.0. The van der Waals surface area contributed by atoms with Crippen molar-refractivity contribution in [1.29, 1.82) is 0 Å². The highest BCUT2D eigenvalue weighted by Gasteiger charge is 2.19. The number of carbonyl (C=O) groups is 1. The number of urea groups is 1. The third-order valence-electron chi connectivity index (χ3n) is 5.32. The summed E-state index contributed by atoms with van der Waals surface area (Å²) in [7, 11) is 0. The first-order valence-electron chi connectivity index (χ1n) is 12.1. The molecule has 0 fully saturated rings. The van der Waals surface area contributed by atoms with E-state index in [9.17, 15) is 4.79 Å². The average molecular weight is 450 g/mol. The minimum atomic E-state index is -0.181. The van der Waals surface area contributed by atoms with E-state index in [1.165, 1.54) is 11.1 Å². The maximum absolute atomic E-state index is 13.0. The monoisotopic (exact) mass is 449 g/mol. The first-order chi connectivity index (χ1) is 16.1. The Morgan fingerprint density at radius 1 is 0.970 bits per heavy atom. The molecule has 3 aromatic rings. The molecule has 0 bridgehead atoms.